The van der Waals surface area contributed by atoms with E-state index in [9.17, 15) is 9.18 Å². The van der Waals surface area contributed by atoms with Crippen molar-refractivity contribution in [1.29, 1.82) is 5.26 Å². The predicted molar refractivity (Wildman–Crippen MR) is 130 cm³/mol. The Bertz CT molecular complexity index is 796. The standard InChI is InChI=1S/C22H32FN5O2.HI/c1-5-25-20(26-14-16-12-15(13-24)6-11-19(16)23)27-17-7-9-18(10-8-17)28-21(29)30-22(2,3)4;/h6,11-12,17-18H,5,7-10,14H2,1-4H3,(H,28,29)(H2,25,26,27);1H. The Kier molecular flexibility index (Phi) is 11.0. The molecule has 3 N–H and O–H groups in total. The van der Waals surface area contributed by atoms with Crippen LogP contribution < -0.4 is 16.0 Å². The van der Waals surface area contributed by atoms with Crippen molar-refractivity contribution in [3.05, 3.63) is 35.1 Å². The molecule has 0 saturated heterocycles. The molecule has 1 aliphatic rings. The molecule has 1 amide bonds. The van der Waals surface area contributed by atoms with Gasteiger partial charge in [0, 0.05) is 24.2 Å². The highest BCUT2D eigenvalue weighted by molar-refractivity contribution is 14.0. The summed E-state index contributed by atoms with van der Waals surface area (Å²) in [6.07, 6.45) is 3.06. The Hall–Kier alpha value is -2.09. The molecular formula is C22H33FIN5O2. The minimum absolute atomic E-state index is 0. The van der Waals surface area contributed by atoms with Crippen molar-refractivity contribution in [2.75, 3.05) is 6.54 Å². The van der Waals surface area contributed by atoms with Crippen molar-refractivity contribution in [1.82, 2.24) is 16.0 Å². The number of carbonyl (C=O) groups is 1. The summed E-state index contributed by atoms with van der Waals surface area (Å²) >= 11 is 0. The Balaban J connectivity index is 0.00000480. The number of nitriles is 1. The second-order valence-electron chi connectivity index (χ2n) is 8.45. The summed E-state index contributed by atoms with van der Waals surface area (Å²) in [5, 5.41) is 18.5. The molecule has 0 bridgehead atoms. The quantitative estimate of drug-likeness (QED) is 0.293. The highest BCUT2D eigenvalue weighted by Gasteiger charge is 2.25. The number of nitrogens with zero attached hydrogens (tertiary/aromatic N) is 2. The first-order valence-corrected chi connectivity index (χ1v) is 10.4. The molecular weight excluding hydrogens is 512 g/mol. The van der Waals surface area contributed by atoms with E-state index < -0.39 is 5.60 Å². The molecule has 1 aliphatic carbocycles. The first-order valence-electron chi connectivity index (χ1n) is 10.4. The second-order valence-corrected chi connectivity index (χ2v) is 8.45. The van der Waals surface area contributed by atoms with Crippen LogP contribution >= 0.6 is 24.0 Å². The van der Waals surface area contributed by atoms with Crippen molar-refractivity contribution >= 4 is 36.0 Å². The normalized spacial score (nSPS) is 18.9. The number of hydrogen-bond donors (Lipinski definition) is 3. The van der Waals surface area contributed by atoms with Crippen LogP contribution in [0, 0.1) is 17.1 Å². The van der Waals surface area contributed by atoms with Gasteiger partial charge in [-0.1, -0.05) is 0 Å². The molecule has 2 rings (SSSR count). The number of rotatable bonds is 5. The van der Waals surface area contributed by atoms with Crippen LogP contribution in [0.25, 0.3) is 0 Å². The van der Waals surface area contributed by atoms with E-state index in [1.807, 2.05) is 33.8 Å². The molecule has 0 atom stereocenters. The summed E-state index contributed by atoms with van der Waals surface area (Å²) in [6.45, 7) is 8.33. The Labute approximate surface area is 201 Å². The van der Waals surface area contributed by atoms with E-state index in [-0.39, 0.29) is 54.5 Å². The van der Waals surface area contributed by atoms with Crippen molar-refractivity contribution in [3.63, 3.8) is 0 Å². The van der Waals surface area contributed by atoms with Gasteiger partial charge in [-0.15, -0.1) is 24.0 Å². The molecule has 0 aromatic heterocycles. The predicted octanol–water partition coefficient (Wildman–Crippen LogP) is 4.21. The number of benzene rings is 1. The number of carbonyl (C=O) groups excluding carboxylic acids is 1. The Morgan fingerprint density at radius 2 is 1.84 bits per heavy atom. The lowest BCUT2D eigenvalue weighted by Gasteiger charge is -2.31. The largest absolute Gasteiger partial charge is 0.444 e. The summed E-state index contributed by atoms with van der Waals surface area (Å²) in [6, 6.07) is 6.60. The van der Waals surface area contributed by atoms with Gasteiger partial charge in [-0.05, 0) is 71.6 Å². The van der Waals surface area contributed by atoms with Gasteiger partial charge >= 0.3 is 6.09 Å². The zero-order valence-corrected chi connectivity index (χ0v) is 21.0. The molecule has 7 nitrogen and oxygen atoms in total. The molecule has 0 heterocycles. The fraction of sp³-hybridized carbons (Fsp3) is 0.591. The van der Waals surface area contributed by atoms with Crippen LogP contribution in [-0.4, -0.2) is 36.3 Å². The molecule has 0 unspecified atom stereocenters. The van der Waals surface area contributed by atoms with E-state index in [0.29, 0.717) is 23.6 Å². The van der Waals surface area contributed by atoms with E-state index in [0.717, 1.165) is 25.7 Å². The molecule has 1 fully saturated rings. The minimum Gasteiger partial charge on any atom is -0.444 e. The molecule has 1 aromatic rings. The van der Waals surface area contributed by atoms with Gasteiger partial charge in [-0.2, -0.15) is 5.26 Å². The van der Waals surface area contributed by atoms with E-state index in [1.165, 1.54) is 18.2 Å². The van der Waals surface area contributed by atoms with Gasteiger partial charge in [-0.25, -0.2) is 14.2 Å². The van der Waals surface area contributed by atoms with Gasteiger partial charge in [0.05, 0.1) is 18.2 Å². The van der Waals surface area contributed by atoms with E-state index in [4.69, 9.17) is 10.00 Å². The number of nitrogens with one attached hydrogen (secondary N) is 3. The lowest BCUT2D eigenvalue weighted by atomic mass is 9.91. The van der Waals surface area contributed by atoms with Crippen molar-refractivity contribution in [3.8, 4) is 6.07 Å². The topological polar surface area (TPSA) is 98.5 Å². The van der Waals surface area contributed by atoms with E-state index >= 15 is 0 Å². The maximum atomic E-state index is 14.0. The van der Waals surface area contributed by atoms with Crippen LogP contribution in [0.1, 0.15) is 64.5 Å². The molecule has 0 radical (unpaired) electrons. The Morgan fingerprint density at radius 1 is 1.23 bits per heavy atom. The van der Waals surface area contributed by atoms with Gasteiger partial charge < -0.3 is 20.7 Å². The zero-order valence-electron chi connectivity index (χ0n) is 18.6. The fourth-order valence-electron chi connectivity index (χ4n) is 3.30. The number of alkyl carbamates (subject to hydrolysis) is 1. The number of aliphatic imine (C=N–C) groups is 1. The zero-order chi connectivity index (χ0) is 22.1. The second kappa shape index (κ2) is 12.7. The number of amides is 1. The monoisotopic (exact) mass is 545 g/mol. The SMILES string of the molecule is CCNC(=NCc1cc(C#N)ccc1F)NC1CCC(NC(=O)OC(C)(C)C)CC1.I. The minimum atomic E-state index is -0.508. The third-order valence-electron chi connectivity index (χ3n) is 4.72. The van der Waals surface area contributed by atoms with Crippen LogP contribution in [0.15, 0.2) is 23.2 Å². The highest BCUT2D eigenvalue weighted by Crippen LogP contribution is 2.19. The lowest BCUT2D eigenvalue weighted by molar-refractivity contribution is 0.0490. The number of ether oxygens (including phenoxy) is 1. The first-order chi connectivity index (χ1) is 14.2. The summed E-state index contributed by atoms with van der Waals surface area (Å²) < 4.78 is 19.3. The van der Waals surface area contributed by atoms with Crippen LogP contribution in [-0.2, 0) is 11.3 Å². The van der Waals surface area contributed by atoms with E-state index in [2.05, 4.69) is 20.9 Å². The smallest absolute Gasteiger partial charge is 0.407 e. The van der Waals surface area contributed by atoms with Gasteiger partial charge in [0.2, 0.25) is 0 Å². The van der Waals surface area contributed by atoms with Crippen LogP contribution in [0.3, 0.4) is 0 Å². The average Bonchev–Trinajstić information content (AvgIpc) is 2.67. The summed E-state index contributed by atoms with van der Waals surface area (Å²) in [4.78, 5) is 16.4. The van der Waals surface area contributed by atoms with Crippen LogP contribution in [0.2, 0.25) is 0 Å². The average molecular weight is 545 g/mol. The summed E-state index contributed by atoms with van der Waals surface area (Å²) in [5.74, 6) is 0.241. The molecule has 1 saturated carbocycles. The van der Waals surface area contributed by atoms with Crippen LogP contribution in [0.5, 0.6) is 0 Å². The molecule has 9 heteroatoms. The third-order valence-corrected chi connectivity index (χ3v) is 4.72. The van der Waals surface area contributed by atoms with E-state index in [1.54, 1.807) is 0 Å². The molecule has 0 aliphatic heterocycles. The highest BCUT2D eigenvalue weighted by atomic mass is 127. The molecule has 1 aromatic carbocycles. The first kappa shape index (κ1) is 26.9. The number of hydrogen-bond acceptors (Lipinski definition) is 4. The van der Waals surface area contributed by atoms with Gasteiger partial charge in [0.1, 0.15) is 11.4 Å². The maximum Gasteiger partial charge on any atom is 0.407 e. The summed E-state index contributed by atoms with van der Waals surface area (Å²) in [7, 11) is 0. The van der Waals surface area contributed by atoms with Gasteiger partial charge in [-0.3, -0.25) is 0 Å². The van der Waals surface area contributed by atoms with Crippen molar-refractivity contribution in [2.45, 2.75) is 77.6 Å². The van der Waals surface area contributed by atoms with Crippen LogP contribution in [0.4, 0.5) is 9.18 Å². The molecule has 172 valence electrons. The molecule has 0 spiro atoms. The van der Waals surface area contributed by atoms with Crippen molar-refractivity contribution < 1.29 is 13.9 Å². The van der Waals surface area contributed by atoms with Crippen molar-refractivity contribution in [2.24, 2.45) is 4.99 Å². The molecule has 31 heavy (non-hydrogen) atoms. The van der Waals surface area contributed by atoms with Gasteiger partial charge in [0.15, 0.2) is 5.96 Å². The third kappa shape index (κ3) is 9.72. The maximum absolute atomic E-state index is 14.0. The summed E-state index contributed by atoms with van der Waals surface area (Å²) in [5.41, 5.74) is 0.290. The fourth-order valence-corrected chi connectivity index (χ4v) is 3.30. The number of halogens is 2. The Morgan fingerprint density at radius 3 is 2.39 bits per heavy atom. The number of guanidine groups is 1. The van der Waals surface area contributed by atoms with Gasteiger partial charge in [0.25, 0.3) is 0 Å². The lowest BCUT2D eigenvalue weighted by Crippen LogP contribution is -2.48.